The lowest BCUT2D eigenvalue weighted by Gasteiger charge is -2.26. The molecular formula is C32H41NO4. The van der Waals surface area contributed by atoms with Crippen LogP contribution in [-0.2, 0) is 9.53 Å². The van der Waals surface area contributed by atoms with Gasteiger partial charge in [-0.15, -0.1) is 0 Å². The van der Waals surface area contributed by atoms with E-state index in [2.05, 4.69) is 30.7 Å². The molecule has 3 rings (SSSR count). The summed E-state index contributed by atoms with van der Waals surface area (Å²) in [5, 5.41) is 0. The van der Waals surface area contributed by atoms with Gasteiger partial charge in [0.2, 0.25) is 0 Å². The summed E-state index contributed by atoms with van der Waals surface area (Å²) in [6, 6.07) is 10.6. The summed E-state index contributed by atoms with van der Waals surface area (Å²) in [6.45, 7) is 4.86. The van der Waals surface area contributed by atoms with Crippen LogP contribution >= 0.6 is 0 Å². The maximum absolute atomic E-state index is 12.5. The largest absolute Gasteiger partial charge is 0.462 e. The molecule has 1 aromatic carbocycles. The van der Waals surface area contributed by atoms with Crippen LogP contribution in [0.5, 0.6) is 5.75 Å². The minimum absolute atomic E-state index is 0.00875. The molecule has 1 fully saturated rings. The molecule has 5 heteroatoms. The van der Waals surface area contributed by atoms with E-state index in [-0.39, 0.29) is 17.9 Å². The van der Waals surface area contributed by atoms with Crippen LogP contribution in [0.4, 0.5) is 0 Å². The van der Waals surface area contributed by atoms with Crippen molar-refractivity contribution >= 4 is 11.9 Å². The molecule has 1 saturated carbocycles. The molecule has 1 aliphatic rings. The summed E-state index contributed by atoms with van der Waals surface area (Å²) < 4.78 is 11.0. The molecule has 0 unspecified atom stereocenters. The molecule has 37 heavy (non-hydrogen) atoms. The number of ether oxygens (including phenoxy) is 2. The lowest BCUT2D eigenvalue weighted by molar-refractivity contribution is -0.140. The first-order valence-electron chi connectivity index (χ1n) is 14.1. The summed E-state index contributed by atoms with van der Waals surface area (Å²) >= 11 is 0. The van der Waals surface area contributed by atoms with E-state index in [0.29, 0.717) is 23.6 Å². The number of esters is 2. The van der Waals surface area contributed by atoms with Crippen molar-refractivity contribution in [3.63, 3.8) is 0 Å². The number of pyridine rings is 1. The summed E-state index contributed by atoms with van der Waals surface area (Å²) in [5.74, 6) is 6.93. The highest BCUT2D eigenvalue weighted by atomic mass is 16.5. The Bertz CT molecular complexity index is 1030. The average molecular weight is 504 g/mol. The van der Waals surface area contributed by atoms with Gasteiger partial charge in [0, 0.05) is 11.8 Å². The van der Waals surface area contributed by atoms with Crippen LogP contribution < -0.4 is 4.74 Å². The second kappa shape index (κ2) is 15.9. The maximum Gasteiger partial charge on any atom is 0.339 e. The van der Waals surface area contributed by atoms with Gasteiger partial charge in [0.05, 0.1) is 18.1 Å². The molecule has 1 aliphatic carbocycles. The standard InChI is InChI=1S/C32H41NO4/c1-3-5-6-7-8-9-23-36-31(34)28-18-20-29(33-24-28)19-13-26-14-21-30(22-15-26)37-32(35)27-16-11-25(10-4-2)12-17-27/h14-15,18,20-22,24-25,27H,3-12,16-17,23H2,1-2H3. The summed E-state index contributed by atoms with van der Waals surface area (Å²) in [7, 11) is 0. The number of carbonyl (C=O) groups excluding carboxylic acids is 2. The van der Waals surface area contributed by atoms with Crippen LogP contribution in [0.1, 0.15) is 113 Å². The molecule has 0 N–H and O–H groups in total. The molecular weight excluding hydrogens is 462 g/mol. The molecule has 1 heterocycles. The first kappa shape index (κ1) is 28.4. The highest BCUT2D eigenvalue weighted by Gasteiger charge is 2.27. The normalized spacial score (nSPS) is 16.9. The van der Waals surface area contributed by atoms with Gasteiger partial charge >= 0.3 is 11.9 Å². The van der Waals surface area contributed by atoms with Crippen molar-refractivity contribution in [2.24, 2.45) is 11.8 Å². The number of rotatable bonds is 12. The van der Waals surface area contributed by atoms with Crippen molar-refractivity contribution in [2.45, 2.75) is 90.9 Å². The minimum Gasteiger partial charge on any atom is -0.462 e. The van der Waals surface area contributed by atoms with E-state index >= 15 is 0 Å². The molecule has 1 aromatic heterocycles. The molecule has 0 aliphatic heterocycles. The van der Waals surface area contributed by atoms with Crippen LogP contribution in [0.25, 0.3) is 0 Å². The SMILES string of the molecule is CCCCCCCCOC(=O)c1ccc(C#Cc2ccc(OC(=O)C3CCC(CCC)CC3)cc2)nc1. The van der Waals surface area contributed by atoms with Crippen molar-refractivity contribution in [3.05, 3.63) is 59.4 Å². The molecule has 0 saturated heterocycles. The molecule has 0 amide bonds. The highest BCUT2D eigenvalue weighted by Crippen LogP contribution is 2.32. The van der Waals surface area contributed by atoms with E-state index in [1.165, 1.54) is 44.7 Å². The van der Waals surface area contributed by atoms with Gasteiger partial charge in [-0.05, 0) is 80.3 Å². The fraction of sp³-hybridized carbons (Fsp3) is 0.531. The van der Waals surface area contributed by atoms with E-state index in [4.69, 9.17) is 9.47 Å². The first-order valence-corrected chi connectivity index (χ1v) is 14.1. The lowest BCUT2D eigenvalue weighted by Crippen LogP contribution is -2.25. The van der Waals surface area contributed by atoms with E-state index in [1.807, 2.05) is 12.1 Å². The number of carbonyl (C=O) groups is 2. The van der Waals surface area contributed by atoms with Gasteiger partial charge < -0.3 is 9.47 Å². The fourth-order valence-corrected chi connectivity index (χ4v) is 4.76. The van der Waals surface area contributed by atoms with Gasteiger partial charge in [0.15, 0.2) is 0 Å². The predicted octanol–water partition coefficient (Wildman–Crippen LogP) is 7.51. The van der Waals surface area contributed by atoms with Crippen molar-refractivity contribution in [1.82, 2.24) is 4.98 Å². The van der Waals surface area contributed by atoms with E-state index in [1.54, 1.807) is 24.3 Å². The van der Waals surface area contributed by atoms with Gasteiger partial charge in [-0.25, -0.2) is 9.78 Å². The summed E-state index contributed by atoms with van der Waals surface area (Å²) in [4.78, 5) is 29.0. The van der Waals surface area contributed by atoms with Crippen molar-refractivity contribution in [2.75, 3.05) is 6.61 Å². The highest BCUT2D eigenvalue weighted by molar-refractivity contribution is 5.89. The Morgan fingerprint density at radius 3 is 2.27 bits per heavy atom. The Morgan fingerprint density at radius 2 is 1.59 bits per heavy atom. The third kappa shape index (κ3) is 10.0. The zero-order valence-corrected chi connectivity index (χ0v) is 22.5. The topological polar surface area (TPSA) is 65.5 Å². The number of unbranched alkanes of at least 4 members (excludes halogenated alkanes) is 5. The monoisotopic (exact) mass is 503 g/mol. The Hall–Kier alpha value is -3.13. The second-order valence-electron chi connectivity index (χ2n) is 10.0. The van der Waals surface area contributed by atoms with E-state index in [0.717, 1.165) is 50.0 Å². The molecule has 198 valence electrons. The molecule has 0 radical (unpaired) electrons. The van der Waals surface area contributed by atoms with E-state index in [9.17, 15) is 9.59 Å². The Kier molecular flexibility index (Phi) is 12.2. The van der Waals surface area contributed by atoms with Crippen molar-refractivity contribution < 1.29 is 19.1 Å². The number of benzene rings is 1. The second-order valence-corrected chi connectivity index (χ2v) is 10.0. The smallest absolute Gasteiger partial charge is 0.339 e. The summed E-state index contributed by atoms with van der Waals surface area (Å²) in [6.07, 6.45) is 15.0. The van der Waals surface area contributed by atoms with Crippen molar-refractivity contribution in [1.29, 1.82) is 0 Å². The third-order valence-electron chi connectivity index (χ3n) is 7.01. The van der Waals surface area contributed by atoms with Crippen molar-refractivity contribution in [3.8, 4) is 17.6 Å². The zero-order chi connectivity index (χ0) is 26.3. The quantitative estimate of drug-likeness (QED) is 0.130. The molecule has 5 nitrogen and oxygen atoms in total. The fourth-order valence-electron chi connectivity index (χ4n) is 4.76. The summed E-state index contributed by atoms with van der Waals surface area (Å²) in [5.41, 5.74) is 1.80. The average Bonchev–Trinajstić information content (AvgIpc) is 2.93. The van der Waals surface area contributed by atoms with Gasteiger partial charge in [0.25, 0.3) is 0 Å². The van der Waals surface area contributed by atoms with Gasteiger partial charge in [-0.3, -0.25) is 4.79 Å². The minimum atomic E-state index is -0.347. The zero-order valence-electron chi connectivity index (χ0n) is 22.5. The Labute approximate surface area is 222 Å². The maximum atomic E-state index is 12.5. The molecule has 0 atom stereocenters. The molecule has 0 spiro atoms. The van der Waals surface area contributed by atoms with E-state index < -0.39 is 0 Å². The molecule has 2 aromatic rings. The van der Waals surface area contributed by atoms with Crippen LogP contribution in [-0.4, -0.2) is 23.5 Å². The van der Waals surface area contributed by atoms with Gasteiger partial charge in [0.1, 0.15) is 11.4 Å². The third-order valence-corrected chi connectivity index (χ3v) is 7.01. The van der Waals surface area contributed by atoms with Crippen LogP contribution in [0.15, 0.2) is 42.6 Å². The van der Waals surface area contributed by atoms with Crippen LogP contribution in [0.2, 0.25) is 0 Å². The lowest BCUT2D eigenvalue weighted by atomic mass is 9.80. The predicted molar refractivity (Wildman–Crippen MR) is 146 cm³/mol. The van der Waals surface area contributed by atoms with Crippen LogP contribution in [0, 0.1) is 23.7 Å². The van der Waals surface area contributed by atoms with Gasteiger partial charge in [-0.2, -0.15) is 0 Å². The van der Waals surface area contributed by atoms with Gasteiger partial charge in [-0.1, -0.05) is 64.7 Å². The Morgan fingerprint density at radius 1 is 0.865 bits per heavy atom. The van der Waals surface area contributed by atoms with Crippen LogP contribution in [0.3, 0.4) is 0 Å². The number of hydrogen-bond acceptors (Lipinski definition) is 5. The molecule has 0 bridgehead atoms. The number of hydrogen-bond donors (Lipinski definition) is 0. The Balaban J connectivity index is 1.42. The number of nitrogens with zero attached hydrogens (tertiary/aromatic N) is 1. The number of aromatic nitrogens is 1. The first-order chi connectivity index (χ1) is 18.1.